The predicted octanol–water partition coefficient (Wildman–Crippen LogP) is 0.961. The van der Waals surface area contributed by atoms with Gasteiger partial charge in [0.2, 0.25) is 10.0 Å². The van der Waals surface area contributed by atoms with Gasteiger partial charge in [0.1, 0.15) is 6.54 Å². The molecule has 5 nitrogen and oxygen atoms in total. The van der Waals surface area contributed by atoms with Gasteiger partial charge >= 0.3 is 5.97 Å². The zero-order valence-corrected chi connectivity index (χ0v) is 10.3. The number of carbonyl (C=O) groups is 1. The summed E-state index contributed by atoms with van der Waals surface area (Å²) in [5.74, 6) is -1.12. The van der Waals surface area contributed by atoms with Crippen LogP contribution in [0.25, 0.3) is 0 Å². The summed E-state index contributed by atoms with van der Waals surface area (Å²) < 4.78 is 25.4. The van der Waals surface area contributed by atoms with E-state index in [9.17, 15) is 13.2 Å². The first-order chi connectivity index (χ1) is 7.33. The Bertz CT molecular complexity index is 344. The summed E-state index contributed by atoms with van der Waals surface area (Å²) in [5, 5.41) is 8.42. The van der Waals surface area contributed by atoms with Gasteiger partial charge in [0.05, 0.1) is 5.75 Å². The molecular weight excluding hydrogens is 230 g/mol. The van der Waals surface area contributed by atoms with Crippen molar-refractivity contribution in [1.29, 1.82) is 0 Å². The van der Waals surface area contributed by atoms with Crippen LogP contribution in [0.2, 0.25) is 0 Å². The van der Waals surface area contributed by atoms with Crippen molar-refractivity contribution in [2.75, 3.05) is 12.3 Å². The molecule has 0 aromatic heterocycles. The van der Waals surface area contributed by atoms with E-state index in [0.717, 1.165) is 32.1 Å². The normalized spacial score (nSPS) is 20.6. The first kappa shape index (κ1) is 13.4. The van der Waals surface area contributed by atoms with E-state index in [-0.39, 0.29) is 11.2 Å². The minimum Gasteiger partial charge on any atom is -0.480 e. The topological polar surface area (TPSA) is 83.5 Å². The number of carboxylic acid groups (broad SMARTS) is 1. The lowest BCUT2D eigenvalue weighted by molar-refractivity contribution is -0.135. The monoisotopic (exact) mass is 249 g/mol. The second-order valence-corrected chi connectivity index (χ2v) is 6.65. The first-order valence-electron chi connectivity index (χ1n) is 5.52. The van der Waals surface area contributed by atoms with E-state index in [1.165, 1.54) is 0 Å². The third-order valence-corrected chi connectivity index (χ3v) is 4.70. The highest BCUT2D eigenvalue weighted by molar-refractivity contribution is 7.89. The van der Waals surface area contributed by atoms with Gasteiger partial charge in [-0.15, -0.1) is 0 Å². The van der Waals surface area contributed by atoms with Crippen LogP contribution < -0.4 is 4.72 Å². The van der Waals surface area contributed by atoms with Gasteiger partial charge in [0.25, 0.3) is 0 Å². The molecule has 16 heavy (non-hydrogen) atoms. The molecule has 1 aliphatic rings. The number of hydrogen-bond donors (Lipinski definition) is 2. The van der Waals surface area contributed by atoms with Crippen molar-refractivity contribution in [3.63, 3.8) is 0 Å². The van der Waals surface area contributed by atoms with Crippen LogP contribution >= 0.6 is 0 Å². The summed E-state index contributed by atoms with van der Waals surface area (Å²) in [7, 11) is -3.47. The SMILES string of the molecule is CC1(CS(=O)(=O)NCC(=O)O)CCCCC1. The van der Waals surface area contributed by atoms with Crippen LogP contribution in [0, 0.1) is 5.41 Å². The minimum atomic E-state index is -3.47. The molecule has 0 atom stereocenters. The molecule has 0 aromatic carbocycles. The van der Waals surface area contributed by atoms with E-state index < -0.39 is 22.5 Å². The Balaban J connectivity index is 2.53. The Morgan fingerprint density at radius 3 is 2.38 bits per heavy atom. The maximum atomic E-state index is 11.6. The Labute approximate surface area is 96.3 Å². The van der Waals surface area contributed by atoms with E-state index in [0.29, 0.717) is 0 Å². The summed E-state index contributed by atoms with van der Waals surface area (Å²) in [6.45, 7) is 1.44. The molecule has 1 rings (SSSR count). The van der Waals surface area contributed by atoms with Crippen LogP contribution in [0.4, 0.5) is 0 Å². The van der Waals surface area contributed by atoms with Crippen molar-refractivity contribution in [2.24, 2.45) is 5.41 Å². The molecule has 0 heterocycles. The molecule has 0 bridgehead atoms. The van der Waals surface area contributed by atoms with Crippen molar-refractivity contribution in [3.05, 3.63) is 0 Å². The molecule has 2 N–H and O–H groups in total. The standard InChI is InChI=1S/C10H19NO4S/c1-10(5-3-2-4-6-10)8-16(14,15)11-7-9(12)13/h11H,2-8H2,1H3,(H,12,13). The predicted molar refractivity (Wildman–Crippen MR) is 60.6 cm³/mol. The van der Waals surface area contributed by atoms with E-state index >= 15 is 0 Å². The second kappa shape index (κ2) is 5.14. The highest BCUT2D eigenvalue weighted by Crippen LogP contribution is 2.36. The Morgan fingerprint density at radius 1 is 1.31 bits per heavy atom. The van der Waals surface area contributed by atoms with Gasteiger partial charge in [0.15, 0.2) is 0 Å². The van der Waals surface area contributed by atoms with Crippen LogP contribution in [-0.2, 0) is 14.8 Å². The number of nitrogens with one attached hydrogen (secondary N) is 1. The molecule has 0 amide bonds. The fraction of sp³-hybridized carbons (Fsp3) is 0.900. The van der Waals surface area contributed by atoms with Gasteiger partial charge in [-0.1, -0.05) is 26.2 Å². The molecule has 1 saturated carbocycles. The maximum absolute atomic E-state index is 11.6. The van der Waals surface area contributed by atoms with Crippen molar-refractivity contribution in [3.8, 4) is 0 Å². The third kappa shape index (κ3) is 4.49. The lowest BCUT2D eigenvalue weighted by Crippen LogP contribution is -2.38. The van der Waals surface area contributed by atoms with E-state index in [1.807, 2.05) is 6.92 Å². The van der Waals surface area contributed by atoms with Crippen LogP contribution in [-0.4, -0.2) is 31.8 Å². The molecule has 0 aromatic rings. The van der Waals surface area contributed by atoms with E-state index in [1.54, 1.807) is 0 Å². The average Bonchev–Trinajstić information content (AvgIpc) is 2.14. The second-order valence-electron chi connectivity index (χ2n) is 4.85. The zero-order chi connectivity index (χ0) is 12.2. The fourth-order valence-corrected chi connectivity index (χ4v) is 3.88. The van der Waals surface area contributed by atoms with Crippen molar-refractivity contribution in [1.82, 2.24) is 4.72 Å². The minimum absolute atomic E-state index is 0.0350. The van der Waals surface area contributed by atoms with Gasteiger partial charge < -0.3 is 5.11 Å². The van der Waals surface area contributed by atoms with Crippen LogP contribution in [0.5, 0.6) is 0 Å². The lowest BCUT2D eigenvalue weighted by Gasteiger charge is -2.32. The lowest BCUT2D eigenvalue weighted by atomic mass is 9.77. The van der Waals surface area contributed by atoms with E-state index in [2.05, 4.69) is 4.72 Å². The number of sulfonamides is 1. The molecule has 0 aliphatic heterocycles. The third-order valence-electron chi connectivity index (χ3n) is 3.04. The number of hydrogen-bond acceptors (Lipinski definition) is 3. The molecule has 1 fully saturated rings. The summed E-state index contributed by atoms with van der Waals surface area (Å²) in [5.41, 5.74) is -0.192. The van der Waals surface area contributed by atoms with Crippen molar-refractivity contribution < 1.29 is 18.3 Å². The van der Waals surface area contributed by atoms with Crippen LogP contribution in [0.1, 0.15) is 39.0 Å². The number of carboxylic acids is 1. The van der Waals surface area contributed by atoms with E-state index in [4.69, 9.17) is 5.11 Å². The van der Waals surface area contributed by atoms with Crippen molar-refractivity contribution >= 4 is 16.0 Å². The summed E-state index contributed by atoms with van der Waals surface area (Å²) in [6, 6.07) is 0. The molecule has 0 radical (unpaired) electrons. The summed E-state index contributed by atoms with van der Waals surface area (Å²) >= 11 is 0. The Kier molecular flexibility index (Phi) is 4.32. The average molecular weight is 249 g/mol. The smallest absolute Gasteiger partial charge is 0.318 e. The molecule has 0 saturated heterocycles. The first-order valence-corrected chi connectivity index (χ1v) is 7.17. The number of rotatable bonds is 5. The molecule has 94 valence electrons. The van der Waals surface area contributed by atoms with Gasteiger partial charge in [-0.3, -0.25) is 4.79 Å². The highest BCUT2D eigenvalue weighted by atomic mass is 32.2. The molecule has 1 aliphatic carbocycles. The van der Waals surface area contributed by atoms with Crippen LogP contribution in [0.3, 0.4) is 0 Å². The largest absolute Gasteiger partial charge is 0.480 e. The Morgan fingerprint density at radius 2 is 1.88 bits per heavy atom. The van der Waals surface area contributed by atoms with Gasteiger partial charge in [0, 0.05) is 0 Å². The quantitative estimate of drug-likeness (QED) is 0.760. The fourth-order valence-electron chi connectivity index (χ4n) is 2.23. The van der Waals surface area contributed by atoms with Gasteiger partial charge in [-0.2, -0.15) is 0 Å². The molecular formula is C10H19NO4S. The van der Waals surface area contributed by atoms with Gasteiger partial charge in [-0.25, -0.2) is 13.1 Å². The van der Waals surface area contributed by atoms with Crippen LogP contribution in [0.15, 0.2) is 0 Å². The van der Waals surface area contributed by atoms with Crippen molar-refractivity contribution in [2.45, 2.75) is 39.0 Å². The zero-order valence-electron chi connectivity index (χ0n) is 9.53. The molecule has 0 spiro atoms. The number of aliphatic carboxylic acids is 1. The molecule has 6 heteroatoms. The Hall–Kier alpha value is -0.620. The summed E-state index contributed by atoms with van der Waals surface area (Å²) in [4.78, 5) is 10.3. The summed E-state index contributed by atoms with van der Waals surface area (Å²) in [6.07, 6.45) is 5.09. The highest BCUT2D eigenvalue weighted by Gasteiger charge is 2.32. The maximum Gasteiger partial charge on any atom is 0.318 e. The molecule has 0 unspecified atom stereocenters. The van der Waals surface area contributed by atoms with Gasteiger partial charge in [-0.05, 0) is 18.3 Å².